The Balaban J connectivity index is 1.65. The molecule has 3 heterocycles. The first kappa shape index (κ1) is 15.7. The highest BCUT2D eigenvalue weighted by molar-refractivity contribution is 5.81. The Morgan fingerprint density at radius 2 is 2.00 bits per heavy atom. The van der Waals surface area contributed by atoms with Crippen molar-refractivity contribution < 1.29 is 0 Å². The number of fused-ring (bicyclic) bond motifs is 1. The summed E-state index contributed by atoms with van der Waals surface area (Å²) in [5.74, 6) is 0.374. The second kappa shape index (κ2) is 6.05. The minimum Gasteiger partial charge on any atom is -0.305 e. The van der Waals surface area contributed by atoms with E-state index in [0.717, 1.165) is 35.2 Å². The largest absolute Gasteiger partial charge is 0.326 e. The molecule has 0 atom stereocenters. The maximum Gasteiger partial charge on any atom is 0.326 e. The number of aromatic nitrogens is 5. The Morgan fingerprint density at radius 3 is 2.78 bits per heavy atom. The molecule has 27 heavy (non-hydrogen) atoms. The van der Waals surface area contributed by atoms with Gasteiger partial charge in [-0.05, 0) is 48.1 Å². The third-order valence-corrected chi connectivity index (χ3v) is 4.87. The Hall–Kier alpha value is -3.48. The number of hydrogen-bond acceptors (Lipinski definition) is 4. The second-order valence-electron chi connectivity index (χ2n) is 6.91. The molecule has 1 fully saturated rings. The molecule has 1 aliphatic rings. The van der Waals surface area contributed by atoms with Crippen molar-refractivity contribution in [3.05, 3.63) is 80.8 Å². The van der Waals surface area contributed by atoms with Crippen LogP contribution >= 0.6 is 0 Å². The van der Waals surface area contributed by atoms with Crippen LogP contribution in [0.25, 0.3) is 22.3 Å². The van der Waals surface area contributed by atoms with Crippen LogP contribution in [0.2, 0.25) is 0 Å². The smallest absolute Gasteiger partial charge is 0.305 e. The van der Waals surface area contributed by atoms with Crippen LogP contribution in [0.4, 0.5) is 0 Å². The van der Waals surface area contributed by atoms with Gasteiger partial charge in [-0.1, -0.05) is 18.2 Å². The van der Waals surface area contributed by atoms with Crippen molar-refractivity contribution in [1.29, 1.82) is 0 Å². The summed E-state index contributed by atoms with van der Waals surface area (Å²) in [5, 5.41) is 4.24. The highest BCUT2D eigenvalue weighted by atomic mass is 16.2. The molecular formula is C20H17N5O2. The normalized spacial score (nSPS) is 13.9. The van der Waals surface area contributed by atoms with Gasteiger partial charge >= 0.3 is 5.69 Å². The average molecular weight is 359 g/mol. The first-order valence-corrected chi connectivity index (χ1v) is 8.91. The van der Waals surface area contributed by atoms with Crippen molar-refractivity contribution in [1.82, 2.24) is 24.7 Å². The van der Waals surface area contributed by atoms with Gasteiger partial charge in [0.1, 0.15) is 0 Å². The molecule has 7 nitrogen and oxygen atoms in total. The standard InChI is InChI=1S/C20H17N5O2/c26-19-18-17(23-20(27)24-19)15(13-5-6-13)10-16(22-18)14-4-1-3-12(9-14)11-25-8-2-7-21-25/h1-4,7-10,13H,5-6,11H2,(H2,23,24,26,27). The monoisotopic (exact) mass is 359 g/mol. The van der Waals surface area contributed by atoms with Crippen LogP contribution < -0.4 is 11.2 Å². The van der Waals surface area contributed by atoms with E-state index in [9.17, 15) is 9.59 Å². The molecule has 4 aromatic rings. The van der Waals surface area contributed by atoms with Gasteiger partial charge in [-0.25, -0.2) is 9.78 Å². The molecule has 0 amide bonds. The van der Waals surface area contributed by atoms with Gasteiger partial charge in [-0.15, -0.1) is 0 Å². The zero-order chi connectivity index (χ0) is 18.4. The lowest BCUT2D eigenvalue weighted by atomic mass is 10.0. The summed E-state index contributed by atoms with van der Waals surface area (Å²) in [4.78, 5) is 33.6. The molecule has 2 N–H and O–H groups in total. The van der Waals surface area contributed by atoms with E-state index in [1.165, 1.54) is 0 Å². The zero-order valence-corrected chi connectivity index (χ0v) is 14.5. The molecule has 1 aromatic carbocycles. The summed E-state index contributed by atoms with van der Waals surface area (Å²) in [6.45, 7) is 0.664. The Bertz CT molecular complexity index is 1250. The number of rotatable bonds is 4. The SMILES string of the molecule is O=c1[nH]c(=O)c2nc(-c3cccc(Cn4cccn4)c3)cc(C3CC3)c2[nH]1. The molecule has 3 aromatic heterocycles. The van der Waals surface area contributed by atoms with E-state index in [-0.39, 0.29) is 5.52 Å². The highest BCUT2D eigenvalue weighted by Gasteiger charge is 2.27. The van der Waals surface area contributed by atoms with Crippen molar-refractivity contribution in [3.8, 4) is 11.3 Å². The highest BCUT2D eigenvalue weighted by Crippen LogP contribution is 2.43. The molecule has 1 saturated carbocycles. The van der Waals surface area contributed by atoms with Crippen molar-refractivity contribution in [3.63, 3.8) is 0 Å². The van der Waals surface area contributed by atoms with Gasteiger partial charge in [0, 0.05) is 18.0 Å². The summed E-state index contributed by atoms with van der Waals surface area (Å²) in [7, 11) is 0. The molecule has 7 heteroatoms. The number of nitrogens with one attached hydrogen (secondary N) is 2. The molecule has 0 bridgehead atoms. The number of hydrogen-bond donors (Lipinski definition) is 2. The number of benzene rings is 1. The van der Waals surface area contributed by atoms with Gasteiger partial charge in [-0.3, -0.25) is 14.5 Å². The topological polar surface area (TPSA) is 96.4 Å². The maximum atomic E-state index is 12.3. The van der Waals surface area contributed by atoms with E-state index in [2.05, 4.69) is 26.1 Å². The lowest BCUT2D eigenvalue weighted by Gasteiger charge is -2.10. The molecule has 134 valence electrons. The fourth-order valence-corrected chi connectivity index (χ4v) is 3.44. The second-order valence-corrected chi connectivity index (χ2v) is 6.91. The average Bonchev–Trinajstić information content (AvgIpc) is 3.38. The van der Waals surface area contributed by atoms with Gasteiger partial charge in [0.15, 0.2) is 5.52 Å². The van der Waals surface area contributed by atoms with Gasteiger partial charge in [-0.2, -0.15) is 5.10 Å². The lowest BCUT2D eigenvalue weighted by Crippen LogP contribution is -2.23. The van der Waals surface area contributed by atoms with E-state index < -0.39 is 11.2 Å². The number of H-pyrrole nitrogens is 2. The third-order valence-electron chi connectivity index (χ3n) is 4.87. The fraction of sp³-hybridized carbons (Fsp3) is 0.200. The van der Waals surface area contributed by atoms with E-state index in [1.54, 1.807) is 6.20 Å². The zero-order valence-electron chi connectivity index (χ0n) is 14.5. The maximum absolute atomic E-state index is 12.3. The summed E-state index contributed by atoms with van der Waals surface area (Å²) < 4.78 is 1.86. The predicted octanol–water partition coefficient (Wildman–Crippen LogP) is 2.40. The quantitative estimate of drug-likeness (QED) is 0.585. The lowest BCUT2D eigenvalue weighted by molar-refractivity contribution is 0.687. The van der Waals surface area contributed by atoms with Crippen LogP contribution in [-0.2, 0) is 6.54 Å². The van der Waals surface area contributed by atoms with Crippen LogP contribution in [0, 0.1) is 0 Å². The Labute approximate surface area is 153 Å². The van der Waals surface area contributed by atoms with E-state index >= 15 is 0 Å². The molecule has 0 saturated heterocycles. The minimum atomic E-state index is -0.495. The van der Waals surface area contributed by atoms with Crippen molar-refractivity contribution >= 4 is 11.0 Å². The van der Waals surface area contributed by atoms with Gasteiger partial charge in [0.2, 0.25) is 0 Å². The number of aromatic amines is 2. The van der Waals surface area contributed by atoms with Crippen LogP contribution in [0.3, 0.4) is 0 Å². The fourth-order valence-electron chi connectivity index (χ4n) is 3.44. The molecule has 0 spiro atoms. The number of pyridine rings is 1. The van der Waals surface area contributed by atoms with Gasteiger partial charge < -0.3 is 4.98 Å². The summed E-state index contributed by atoms with van der Waals surface area (Å²) in [5.41, 5.74) is 3.67. The minimum absolute atomic E-state index is 0.284. The molecule has 0 aliphatic heterocycles. The first-order valence-electron chi connectivity index (χ1n) is 8.91. The Kier molecular flexibility index (Phi) is 3.53. The first-order chi connectivity index (χ1) is 13.2. The molecule has 0 unspecified atom stereocenters. The van der Waals surface area contributed by atoms with Crippen LogP contribution in [0.15, 0.2) is 58.4 Å². The van der Waals surface area contributed by atoms with Gasteiger partial charge in [0.05, 0.1) is 17.8 Å². The Morgan fingerprint density at radius 1 is 1.11 bits per heavy atom. The summed E-state index contributed by atoms with van der Waals surface area (Å²) >= 11 is 0. The molecule has 5 rings (SSSR count). The third kappa shape index (κ3) is 2.97. The van der Waals surface area contributed by atoms with Crippen LogP contribution in [-0.4, -0.2) is 24.7 Å². The van der Waals surface area contributed by atoms with Crippen molar-refractivity contribution in [2.75, 3.05) is 0 Å². The summed E-state index contributed by atoms with van der Waals surface area (Å²) in [6.07, 6.45) is 5.80. The van der Waals surface area contributed by atoms with Crippen LogP contribution in [0.1, 0.15) is 29.9 Å². The molecule has 1 aliphatic carbocycles. The summed E-state index contributed by atoms with van der Waals surface area (Å²) in [6, 6.07) is 12.0. The van der Waals surface area contributed by atoms with Crippen molar-refractivity contribution in [2.45, 2.75) is 25.3 Å². The predicted molar refractivity (Wildman–Crippen MR) is 102 cm³/mol. The van der Waals surface area contributed by atoms with E-state index in [0.29, 0.717) is 18.0 Å². The molecule has 0 radical (unpaired) electrons. The van der Waals surface area contributed by atoms with Crippen LogP contribution in [0.5, 0.6) is 0 Å². The van der Waals surface area contributed by atoms with Gasteiger partial charge in [0.25, 0.3) is 5.56 Å². The molecular weight excluding hydrogens is 342 g/mol. The van der Waals surface area contributed by atoms with E-state index in [4.69, 9.17) is 0 Å². The number of nitrogens with zero attached hydrogens (tertiary/aromatic N) is 3. The van der Waals surface area contributed by atoms with Crippen molar-refractivity contribution in [2.24, 2.45) is 0 Å². The van der Waals surface area contributed by atoms with E-state index in [1.807, 2.05) is 41.2 Å².